The van der Waals surface area contributed by atoms with Crippen molar-refractivity contribution >= 4 is 22.8 Å². The first-order valence-corrected chi connectivity index (χ1v) is 7.91. The third-order valence-corrected chi connectivity index (χ3v) is 4.50. The lowest BCUT2D eigenvalue weighted by Gasteiger charge is -2.04. The van der Waals surface area contributed by atoms with Crippen molar-refractivity contribution in [3.63, 3.8) is 0 Å². The van der Waals surface area contributed by atoms with Gasteiger partial charge in [-0.15, -0.1) is 17.0 Å². The van der Waals surface area contributed by atoms with Crippen LogP contribution < -0.4 is 4.57 Å². The molecule has 0 fully saturated rings. The molecule has 1 aliphatic rings. The predicted octanol–water partition coefficient (Wildman–Crippen LogP) is 4.31. The van der Waals surface area contributed by atoms with Gasteiger partial charge in [-0.1, -0.05) is 36.4 Å². The van der Waals surface area contributed by atoms with Gasteiger partial charge in [-0.05, 0) is 47.2 Å². The van der Waals surface area contributed by atoms with Gasteiger partial charge in [0.2, 0.25) is 12.3 Å². The summed E-state index contributed by atoms with van der Waals surface area (Å²) in [6.45, 7) is 2.43. The number of rotatable bonds is 3. The number of Topliss-reactive ketones (excluding diaryl/α,β-unsaturated/α-hetero) is 1. The summed E-state index contributed by atoms with van der Waals surface area (Å²) in [5, 5.41) is 0. The average molecular weight is 381 g/mol. The Balaban J connectivity index is 0.00000169. The molecule has 2 nitrogen and oxygen atoms in total. The maximum absolute atomic E-state index is 12.6. The van der Waals surface area contributed by atoms with Crippen LogP contribution in [-0.4, -0.2) is 5.78 Å². The van der Waals surface area contributed by atoms with E-state index in [2.05, 4.69) is 36.4 Å². The minimum Gasteiger partial charge on any atom is -0.287 e. The first-order valence-electron chi connectivity index (χ1n) is 7.91. The van der Waals surface area contributed by atoms with E-state index in [4.69, 9.17) is 0 Å². The van der Waals surface area contributed by atoms with Crippen molar-refractivity contribution in [1.29, 1.82) is 0 Å². The summed E-state index contributed by atoms with van der Waals surface area (Å²) in [4.78, 5) is 12.6. The summed E-state index contributed by atoms with van der Waals surface area (Å²) in [5.41, 5.74) is 7.16. The number of aromatic nitrogens is 1. The number of carbonyl (C=O) groups is 1. The van der Waals surface area contributed by atoms with Gasteiger partial charge in [0.25, 0.3) is 0 Å². The first-order chi connectivity index (χ1) is 11.2. The van der Waals surface area contributed by atoms with E-state index in [0.29, 0.717) is 6.54 Å². The van der Waals surface area contributed by atoms with Crippen LogP contribution in [0.15, 0.2) is 67.0 Å². The lowest BCUT2D eigenvalue weighted by molar-refractivity contribution is -0.683. The molecule has 0 spiro atoms. The Morgan fingerprint density at radius 2 is 1.67 bits per heavy atom. The summed E-state index contributed by atoms with van der Waals surface area (Å²) >= 11 is 0. The van der Waals surface area contributed by atoms with Crippen molar-refractivity contribution in [2.75, 3.05) is 0 Å². The Kier molecular flexibility index (Phi) is 4.63. The predicted molar refractivity (Wildman–Crippen MR) is 101 cm³/mol. The number of aryl methyl sites for hydroxylation is 1. The molecule has 4 rings (SSSR count). The van der Waals surface area contributed by atoms with Gasteiger partial charge >= 0.3 is 0 Å². The molecule has 0 aliphatic heterocycles. The monoisotopic (exact) mass is 380 g/mol. The highest BCUT2D eigenvalue weighted by Gasteiger charge is 2.20. The third-order valence-electron chi connectivity index (χ3n) is 4.50. The van der Waals surface area contributed by atoms with E-state index in [0.717, 1.165) is 12.0 Å². The van der Waals surface area contributed by atoms with Gasteiger partial charge in [-0.25, -0.2) is 0 Å². The number of ketones is 1. The highest BCUT2D eigenvalue weighted by Crippen LogP contribution is 2.36. The lowest BCUT2D eigenvalue weighted by atomic mass is 10.0. The molecule has 0 saturated carbocycles. The Labute approximate surface area is 152 Å². The van der Waals surface area contributed by atoms with Crippen LogP contribution in [0.4, 0.5) is 0 Å². The number of pyridine rings is 1. The SMILES string of the molecule is Br.Cc1cc[n+](CC(=O)c2ccc3c(c2)Cc2ccccc2-3)cc1. The number of carbonyl (C=O) groups excluding carboxylic acids is 1. The third kappa shape index (κ3) is 3.04. The van der Waals surface area contributed by atoms with Crippen LogP contribution in [0.2, 0.25) is 0 Å². The molecule has 3 aromatic rings. The number of hydrogen-bond donors (Lipinski definition) is 0. The number of benzene rings is 2. The molecule has 0 bridgehead atoms. The summed E-state index contributed by atoms with van der Waals surface area (Å²) in [5.74, 6) is 0.151. The second kappa shape index (κ2) is 6.70. The minimum absolute atomic E-state index is 0. The molecule has 0 saturated heterocycles. The molecule has 0 atom stereocenters. The molecule has 1 aromatic heterocycles. The van der Waals surface area contributed by atoms with Crippen molar-refractivity contribution in [1.82, 2.24) is 0 Å². The quantitative estimate of drug-likeness (QED) is 0.383. The molecule has 24 heavy (non-hydrogen) atoms. The molecule has 0 unspecified atom stereocenters. The van der Waals surface area contributed by atoms with E-state index in [1.807, 2.05) is 42.1 Å². The van der Waals surface area contributed by atoms with Gasteiger partial charge < -0.3 is 0 Å². The number of hydrogen-bond acceptors (Lipinski definition) is 1. The van der Waals surface area contributed by atoms with Crippen molar-refractivity contribution in [3.8, 4) is 11.1 Å². The van der Waals surface area contributed by atoms with Crippen molar-refractivity contribution in [3.05, 3.63) is 89.2 Å². The zero-order chi connectivity index (χ0) is 15.8. The topological polar surface area (TPSA) is 20.9 Å². The maximum Gasteiger partial charge on any atom is 0.227 e. The fraction of sp³-hybridized carbons (Fsp3) is 0.143. The molecule has 0 N–H and O–H groups in total. The van der Waals surface area contributed by atoms with E-state index in [1.54, 1.807) is 0 Å². The standard InChI is InChI=1S/C21H18NO.BrH/c1-15-8-10-22(11-9-15)14-21(23)17-6-7-20-18(13-17)12-16-4-2-3-5-19(16)20;/h2-11,13H,12,14H2,1H3;1H/q+1;. The highest BCUT2D eigenvalue weighted by molar-refractivity contribution is 8.93. The van der Waals surface area contributed by atoms with Crippen LogP contribution in [0.25, 0.3) is 11.1 Å². The van der Waals surface area contributed by atoms with Crippen LogP contribution in [0.1, 0.15) is 27.0 Å². The number of halogens is 1. The zero-order valence-electron chi connectivity index (χ0n) is 13.5. The van der Waals surface area contributed by atoms with E-state index < -0.39 is 0 Å². The largest absolute Gasteiger partial charge is 0.287 e. The van der Waals surface area contributed by atoms with E-state index >= 15 is 0 Å². The van der Waals surface area contributed by atoms with Gasteiger partial charge in [-0.2, -0.15) is 4.57 Å². The second-order valence-electron chi connectivity index (χ2n) is 6.18. The summed E-state index contributed by atoms with van der Waals surface area (Å²) in [6.07, 6.45) is 4.83. The van der Waals surface area contributed by atoms with Crippen molar-refractivity contribution in [2.45, 2.75) is 19.9 Å². The number of fused-ring (bicyclic) bond motifs is 3. The molecule has 2 aromatic carbocycles. The van der Waals surface area contributed by atoms with Crippen LogP contribution in [0.5, 0.6) is 0 Å². The van der Waals surface area contributed by atoms with E-state index in [1.165, 1.54) is 27.8 Å². The van der Waals surface area contributed by atoms with Gasteiger partial charge in [0.1, 0.15) is 0 Å². The van der Waals surface area contributed by atoms with Gasteiger partial charge in [0.15, 0.2) is 12.4 Å². The summed E-state index contributed by atoms with van der Waals surface area (Å²) in [7, 11) is 0. The molecule has 1 heterocycles. The normalized spacial score (nSPS) is 11.4. The number of nitrogens with zero attached hydrogens (tertiary/aromatic N) is 1. The van der Waals surface area contributed by atoms with Crippen molar-refractivity contribution in [2.24, 2.45) is 0 Å². The maximum atomic E-state index is 12.6. The van der Waals surface area contributed by atoms with Crippen LogP contribution in [0, 0.1) is 6.92 Å². The Bertz CT molecular complexity index is 900. The van der Waals surface area contributed by atoms with Crippen LogP contribution in [0.3, 0.4) is 0 Å². The lowest BCUT2D eigenvalue weighted by Crippen LogP contribution is -2.37. The second-order valence-corrected chi connectivity index (χ2v) is 6.18. The summed E-state index contributed by atoms with van der Waals surface area (Å²) in [6, 6.07) is 18.6. The average Bonchev–Trinajstić information content (AvgIpc) is 2.94. The Morgan fingerprint density at radius 3 is 2.46 bits per heavy atom. The molecule has 120 valence electrons. The minimum atomic E-state index is 0. The zero-order valence-corrected chi connectivity index (χ0v) is 15.2. The fourth-order valence-corrected chi connectivity index (χ4v) is 3.21. The highest BCUT2D eigenvalue weighted by atomic mass is 79.9. The fourth-order valence-electron chi connectivity index (χ4n) is 3.21. The molecule has 3 heteroatoms. The smallest absolute Gasteiger partial charge is 0.227 e. The molecular weight excluding hydrogens is 362 g/mol. The molecule has 1 aliphatic carbocycles. The van der Waals surface area contributed by atoms with E-state index in [-0.39, 0.29) is 22.8 Å². The molecular formula is C21H19BrNO+. The molecule has 0 amide bonds. The Hall–Kier alpha value is -2.26. The first kappa shape index (κ1) is 16.6. The van der Waals surface area contributed by atoms with Crippen LogP contribution in [-0.2, 0) is 13.0 Å². The van der Waals surface area contributed by atoms with Crippen molar-refractivity contribution < 1.29 is 9.36 Å². The van der Waals surface area contributed by atoms with Gasteiger partial charge in [0, 0.05) is 17.7 Å². The summed E-state index contributed by atoms with van der Waals surface area (Å²) < 4.78 is 1.93. The Morgan fingerprint density at radius 1 is 0.958 bits per heavy atom. The van der Waals surface area contributed by atoms with Gasteiger partial charge in [-0.3, -0.25) is 4.79 Å². The van der Waals surface area contributed by atoms with E-state index in [9.17, 15) is 4.79 Å². The van der Waals surface area contributed by atoms with Gasteiger partial charge in [0.05, 0.1) is 0 Å². The van der Waals surface area contributed by atoms with Crippen LogP contribution >= 0.6 is 17.0 Å². The molecule has 0 radical (unpaired) electrons.